The molecule has 8 unspecified atom stereocenters. The summed E-state index contributed by atoms with van der Waals surface area (Å²) in [6, 6.07) is 0. The van der Waals surface area contributed by atoms with Gasteiger partial charge in [0.25, 0.3) is 48.4 Å². The van der Waals surface area contributed by atoms with Gasteiger partial charge in [0.2, 0.25) is 0 Å². The van der Waals surface area contributed by atoms with Crippen molar-refractivity contribution >= 4 is 0 Å². The molecule has 0 bridgehead atoms. The lowest BCUT2D eigenvalue weighted by molar-refractivity contribution is -0.283. The lowest BCUT2D eigenvalue weighted by atomic mass is 9.74. The number of halogens is 24. The van der Waals surface area contributed by atoms with E-state index in [1.807, 2.05) is 0 Å². The zero-order chi connectivity index (χ0) is 39.9. The van der Waals surface area contributed by atoms with Crippen molar-refractivity contribution in [2.24, 2.45) is 35.5 Å². The Morgan fingerprint density at radius 2 is 0.469 bits per heavy atom. The number of hydrogen-bond acceptors (Lipinski definition) is 1. The van der Waals surface area contributed by atoms with E-state index in [0.29, 0.717) is 0 Å². The number of ether oxygens (including phenoxy) is 1. The average Bonchev–Trinajstić information content (AvgIpc) is 2.92. The normalized spacial score (nSPS) is 21.3. The minimum atomic E-state index is -6.53. The zero-order valence-corrected chi connectivity index (χ0v) is 24.7. The second-order valence-electron chi connectivity index (χ2n) is 11.3. The summed E-state index contributed by atoms with van der Waals surface area (Å²) in [5.41, 5.74) is 0. The smallest absolute Gasteiger partial charge is 0.381 e. The molecule has 25 heteroatoms. The molecule has 0 spiro atoms. The quantitative estimate of drug-likeness (QED) is 0.142. The predicted octanol–water partition coefficient (Wildman–Crippen LogP) is 10.9. The van der Waals surface area contributed by atoms with Gasteiger partial charge in [-0.2, -0.15) is 52.7 Å². The Morgan fingerprint density at radius 3 is 0.592 bits per heavy atom. The molecule has 0 aromatic rings. The molecule has 0 saturated carbocycles. The van der Waals surface area contributed by atoms with Gasteiger partial charge < -0.3 is 4.74 Å². The van der Waals surface area contributed by atoms with Crippen LogP contribution in [0, 0.1) is 35.5 Å². The number of hydrogen-bond donors (Lipinski definition) is 0. The molecule has 0 heterocycles. The molecule has 0 N–H and O–H groups in total. The second-order valence-corrected chi connectivity index (χ2v) is 11.3. The summed E-state index contributed by atoms with van der Waals surface area (Å²) in [5.74, 6) is -45.1. The molecular formula is C24H26F24O. The van der Waals surface area contributed by atoms with Crippen LogP contribution in [0.3, 0.4) is 0 Å². The molecule has 0 fully saturated rings. The van der Waals surface area contributed by atoms with Gasteiger partial charge in [0.1, 0.15) is 0 Å². The van der Waals surface area contributed by atoms with Crippen molar-refractivity contribution in [3.05, 3.63) is 0 Å². The molecular weight excluding hydrogens is 760 g/mol. The standard InChI is InChI=1S/C24H26F24O/c1-7(17(29,30)13(25)21(37,38)39)11(8(2)18(31,32)14(26)22(40,41)42)5-49-6-12(9(3)19(33,34)15(27)23(43,44)45)10(4)20(35,36)16(28)24(46,47)48/h7-16H,5-6H2,1-4H3. The van der Waals surface area contributed by atoms with E-state index in [1.165, 1.54) is 0 Å². The number of alkyl halides is 24. The summed E-state index contributed by atoms with van der Waals surface area (Å²) in [6.45, 7) is -5.63. The average molecular weight is 786 g/mol. The SMILES string of the molecule is CC(C(COCC(C(C)C(F)(F)C(F)C(F)(F)F)C(C)C(F)(F)C(F)C(F)(F)F)C(C)C(F)(F)C(F)C(F)(F)F)C(F)(F)C(F)C(F)(F)F. The first-order chi connectivity index (χ1) is 21.2. The van der Waals surface area contributed by atoms with Gasteiger partial charge >= 0.3 is 24.7 Å². The molecule has 0 aromatic carbocycles. The third-order valence-electron chi connectivity index (χ3n) is 8.12. The molecule has 0 aliphatic carbocycles. The molecule has 0 radical (unpaired) electrons. The Balaban J connectivity index is 7.10. The van der Waals surface area contributed by atoms with Gasteiger partial charge in [-0.3, -0.25) is 0 Å². The maximum absolute atomic E-state index is 14.5. The van der Waals surface area contributed by atoms with Crippen molar-refractivity contribution in [2.75, 3.05) is 13.2 Å². The molecule has 8 atom stereocenters. The third kappa shape index (κ3) is 10.7. The molecule has 296 valence electrons. The van der Waals surface area contributed by atoms with Gasteiger partial charge in [-0.25, -0.2) is 52.7 Å². The monoisotopic (exact) mass is 786 g/mol. The van der Waals surface area contributed by atoms with Gasteiger partial charge in [-0.15, -0.1) is 0 Å². The first-order valence-corrected chi connectivity index (χ1v) is 13.2. The minimum Gasteiger partial charge on any atom is -0.381 e. The third-order valence-corrected chi connectivity index (χ3v) is 8.12. The summed E-state index contributed by atoms with van der Waals surface area (Å²) < 4.78 is 328. The van der Waals surface area contributed by atoms with Crippen molar-refractivity contribution < 1.29 is 110 Å². The lowest BCUT2D eigenvalue weighted by Gasteiger charge is -2.41. The van der Waals surface area contributed by atoms with Crippen LogP contribution in [0.2, 0.25) is 0 Å². The fourth-order valence-corrected chi connectivity index (χ4v) is 4.72. The van der Waals surface area contributed by atoms with Crippen molar-refractivity contribution in [1.29, 1.82) is 0 Å². The highest BCUT2D eigenvalue weighted by molar-refractivity contribution is 4.99. The molecule has 1 nitrogen and oxygen atoms in total. The molecule has 0 aliphatic heterocycles. The summed E-state index contributed by atoms with van der Waals surface area (Å²) in [7, 11) is 0. The maximum atomic E-state index is 14.5. The van der Waals surface area contributed by atoms with E-state index in [0.717, 1.165) is 0 Å². The van der Waals surface area contributed by atoms with Gasteiger partial charge in [0.15, 0.2) is 0 Å². The van der Waals surface area contributed by atoms with Crippen LogP contribution in [0.25, 0.3) is 0 Å². The second kappa shape index (κ2) is 15.1. The predicted molar refractivity (Wildman–Crippen MR) is 118 cm³/mol. The van der Waals surface area contributed by atoms with Crippen LogP contribution >= 0.6 is 0 Å². The summed E-state index contributed by atoms with van der Waals surface area (Å²) in [5, 5.41) is 0. The van der Waals surface area contributed by atoms with E-state index in [-0.39, 0.29) is 27.7 Å². The van der Waals surface area contributed by atoms with Gasteiger partial charge in [0.05, 0.1) is 13.2 Å². The number of rotatable bonds is 16. The fourth-order valence-electron chi connectivity index (χ4n) is 4.72. The Morgan fingerprint density at radius 1 is 0.327 bits per heavy atom. The van der Waals surface area contributed by atoms with Crippen LogP contribution in [-0.2, 0) is 4.74 Å². The van der Waals surface area contributed by atoms with Crippen LogP contribution in [0.5, 0.6) is 0 Å². The Kier molecular flexibility index (Phi) is 14.6. The zero-order valence-electron chi connectivity index (χ0n) is 24.7. The van der Waals surface area contributed by atoms with Gasteiger partial charge in [-0.1, -0.05) is 27.7 Å². The van der Waals surface area contributed by atoms with Crippen LogP contribution in [0.4, 0.5) is 105 Å². The van der Waals surface area contributed by atoms with E-state index < -0.39 is 122 Å². The molecule has 0 rings (SSSR count). The lowest BCUT2D eigenvalue weighted by Crippen LogP contribution is -2.55. The molecule has 0 aliphatic rings. The van der Waals surface area contributed by atoms with Crippen LogP contribution in [0.1, 0.15) is 27.7 Å². The topological polar surface area (TPSA) is 9.23 Å². The van der Waals surface area contributed by atoms with Crippen LogP contribution < -0.4 is 0 Å². The highest BCUT2D eigenvalue weighted by Crippen LogP contribution is 2.51. The highest BCUT2D eigenvalue weighted by atomic mass is 19.4. The Bertz CT molecular complexity index is 872. The van der Waals surface area contributed by atoms with Gasteiger partial charge in [-0.05, 0) is 11.8 Å². The van der Waals surface area contributed by atoms with Crippen molar-refractivity contribution in [3.8, 4) is 0 Å². The molecule has 0 amide bonds. The maximum Gasteiger partial charge on any atom is 0.425 e. The first kappa shape index (κ1) is 47.3. The largest absolute Gasteiger partial charge is 0.425 e. The molecule has 49 heavy (non-hydrogen) atoms. The first-order valence-electron chi connectivity index (χ1n) is 13.2. The molecule has 0 saturated heterocycles. The summed E-state index contributed by atoms with van der Waals surface area (Å²) in [4.78, 5) is 0. The van der Waals surface area contributed by atoms with E-state index in [4.69, 9.17) is 0 Å². The Hall–Kier alpha value is -1.72. The van der Waals surface area contributed by atoms with E-state index in [2.05, 4.69) is 4.74 Å². The van der Waals surface area contributed by atoms with Crippen molar-refractivity contribution in [2.45, 2.75) is 101 Å². The van der Waals surface area contributed by atoms with Gasteiger partial charge in [0, 0.05) is 23.7 Å². The van der Waals surface area contributed by atoms with E-state index in [1.54, 1.807) is 0 Å². The van der Waals surface area contributed by atoms with E-state index in [9.17, 15) is 105 Å². The van der Waals surface area contributed by atoms with E-state index >= 15 is 0 Å². The molecule has 0 aromatic heterocycles. The summed E-state index contributed by atoms with van der Waals surface area (Å²) in [6.07, 6.45) is -47.3. The Labute approximate surface area is 260 Å². The van der Waals surface area contributed by atoms with Crippen LogP contribution in [0.15, 0.2) is 0 Å². The van der Waals surface area contributed by atoms with Crippen LogP contribution in [-0.4, -0.2) is 86.3 Å². The van der Waals surface area contributed by atoms with Crippen molar-refractivity contribution in [3.63, 3.8) is 0 Å². The summed E-state index contributed by atoms with van der Waals surface area (Å²) >= 11 is 0. The fraction of sp³-hybridized carbons (Fsp3) is 1.00. The minimum absolute atomic E-state index is 0.251. The highest BCUT2D eigenvalue weighted by Gasteiger charge is 2.67. The van der Waals surface area contributed by atoms with Crippen molar-refractivity contribution in [1.82, 2.24) is 0 Å².